The van der Waals surface area contributed by atoms with Gasteiger partial charge in [-0.3, -0.25) is 4.79 Å². The molecule has 1 saturated heterocycles. The van der Waals surface area contributed by atoms with Crippen LogP contribution in [0.3, 0.4) is 0 Å². The summed E-state index contributed by atoms with van der Waals surface area (Å²) in [7, 11) is 0. The number of carbonyl (C=O) groups excluding carboxylic acids is 1. The van der Waals surface area contributed by atoms with Gasteiger partial charge in [0.15, 0.2) is 5.65 Å². The van der Waals surface area contributed by atoms with Crippen molar-refractivity contribution in [2.75, 3.05) is 13.1 Å². The zero-order chi connectivity index (χ0) is 23.0. The van der Waals surface area contributed by atoms with Crippen molar-refractivity contribution >= 4 is 17.1 Å². The van der Waals surface area contributed by atoms with Gasteiger partial charge in [-0.05, 0) is 67.5 Å². The van der Waals surface area contributed by atoms with E-state index in [1.165, 1.54) is 55.5 Å². The number of likely N-dealkylation sites (tertiary alicyclic amines) is 1. The Bertz CT molecular complexity index is 1130. The third-order valence-corrected chi connectivity index (χ3v) is 6.73. The third kappa shape index (κ3) is 4.67. The molecule has 1 aliphatic carbocycles. The number of piperidine rings is 1. The van der Waals surface area contributed by atoms with Crippen LogP contribution in [0.2, 0.25) is 0 Å². The fourth-order valence-corrected chi connectivity index (χ4v) is 5.04. The minimum atomic E-state index is -4.75. The highest BCUT2D eigenvalue weighted by Gasteiger charge is 2.31. The van der Waals surface area contributed by atoms with Crippen molar-refractivity contribution in [2.45, 2.75) is 56.7 Å². The van der Waals surface area contributed by atoms with Gasteiger partial charge in [0.1, 0.15) is 17.1 Å². The molecule has 1 saturated carbocycles. The number of H-pyrrole nitrogens is 1. The normalized spacial score (nSPS) is 18.2. The molecule has 2 aromatic heterocycles. The van der Waals surface area contributed by atoms with Crippen LogP contribution < -0.4 is 4.74 Å². The van der Waals surface area contributed by atoms with Crippen LogP contribution in [0.4, 0.5) is 13.2 Å². The smallest absolute Gasteiger partial charge is 0.406 e. The minimum Gasteiger partial charge on any atom is -0.406 e. The van der Waals surface area contributed by atoms with Crippen LogP contribution >= 0.6 is 0 Å². The Labute approximate surface area is 189 Å². The average Bonchev–Trinajstić information content (AvgIpc) is 3.48. The predicted octanol–water partition coefficient (Wildman–Crippen LogP) is 5.53. The number of imidazole rings is 1. The Morgan fingerprint density at radius 3 is 2.36 bits per heavy atom. The van der Waals surface area contributed by atoms with Gasteiger partial charge in [0.25, 0.3) is 5.91 Å². The molecule has 1 aliphatic heterocycles. The number of halogens is 3. The maximum atomic E-state index is 12.8. The molecule has 1 N–H and O–H groups in total. The first kappa shape index (κ1) is 21.7. The molecule has 2 aliphatic rings. The summed E-state index contributed by atoms with van der Waals surface area (Å²) in [4.78, 5) is 27.4. The SMILES string of the molecule is O=C(c1ccc(OC(F)(F)F)cc1)N1CCC(c2ccnc3[nH]c(C4CCCC4)nc23)CC1. The molecule has 3 aromatic rings. The van der Waals surface area contributed by atoms with E-state index in [9.17, 15) is 18.0 Å². The molecule has 6 nitrogen and oxygen atoms in total. The molecule has 1 aromatic carbocycles. The molecular weight excluding hydrogens is 433 g/mol. The van der Waals surface area contributed by atoms with Crippen LogP contribution in [0.25, 0.3) is 11.2 Å². The maximum Gasteiger partial charge on any atom is 0.573 e. The molecule has 0 atom stereocenters. The van der Waals surface area contributed by atoms with Crippen LogP contribution in [-0.2, 0) is 0 Å². The van der Waals surface area contributed by atoms with E-state index < -0.39 is 6.36 Å². The van der Waals surface area contributed by atoms with Crippen molar-refractivity contribution in [3.63, 3.8) is 0 Å². The van der Waals surface area contributed by atoms with Gasteiger partial charge in [0, 0.05) is 30.8 Å². The van der Waals surface area contributed by atoms with E-state index in [2.05, 4.69) is 14.7 Å². The summed E-state index contributed by atoms with van der Waals surface area (Å²) in [5.74, 6) is 1.28. The van der Waals surface area contributed by atoms with Gasteiger partial charge in [-0.2, -0.15) is 0 Å². The lowest BCUT2D eigenvalue weighted by Crippen LogP contribution is -2.38. The number of ether oxygens (including phenoxy) is 1. The fourth-order valence-electron chi connectivity index (χ4n) is 5.04. The van der Waals surface area contributed by atoms with Crippen LogP contribution in [0.5, 0.6) is 5.75 Å². The van der Waals surface area contributed by atoms with Crippen LogP contribution in [0.15, 0.2) is 36.5 Å². The van der Waals surface area contributed by atoms with Crippen molar-refractivity contribution in [3.05, 3.63) is 53.5 Å². The van der Waals surface area contributed by atoms with Gasteiger partial charge >= 0.3 is 6.36 Å². The number of hydrogen-bond donors (Lipinski definition) is 1. The number of alkyl halides is 3. The Hall–Kier alpha value is -3.10. The summed E-state index contributed by atoms with van der Waals surface area (Å²) < 4.78 is 40.9. The highest BCUT2D eigenvalue weighted by atomic mass is 19.4. The van der Waals surface area contributed by atoms with Gasteiger partial charge in [-0.25, -0.2) is 9.97 Å². The second kappa shape index (κ2) is 8.68. The van der Waals surface area contributed by atoms with Crippen molar-refractivity contribution in [1.82, 2.24) is 19.9 Å². The van der Waals surface area contributed by atoms with Gasteiger partial charge in [0.05, 0.1) is 0 Å². The van der Waals surface area contributed by atoms with E-state index in [0.717, 1.165) is 29.8 Å². The van der Waals surface area contributed by atoms with E-state index in [-0.39, 0.29) is 17.6 Å². The van der Waals surface area contributed by atoms with Gasteiger partial charge < -0.3 is 14.6 Å². The zero-order valence-corrected chi connectivity index (χ0v) is 18.1. The zero-order valence-electron chi connectivity index (χ0n) is 18.1. The first-order valence-electron chi connectivity index (χ1n) is 11.4. The summed E-state index contributed by atoms with van der Waals surface area (Å²) in [6.07, 6.45) is 3.48. The Kier molecular flexibility index (Phi) is 5.72. The number of nitrogens with zero attached hydrogens (tertiary/aromatic N) is 3. The molecule has 3 heterocycles. The Balaban J connectivity index is 1.25. The van der Waals surface area contributed by atoms with Crippen LogP contribution in [0, 0.1) is 0 Å². The van der Waals surface area contributed by atoms with Crippen LogP contribution in [-0.4, -0.2) is 45.2 Å². The monoisotopic (exact) mass is 458 g/mol. The number of rotatable bonds is 4. The molecule has 0 bridgehead atoms. The molecule has 1 amide bonds. The second-order valence-corrected chi connectivity index (χ2v) is 8.84. The fraction of sp³-hybridized carbons (Fsp3) is 0.458. The molecule has 2 fully saturated rings. The number of aromatic amines is 1. The molecular formula is C24H25F3N4O2. The quantitative estimate of drug-likeness (QED) is 0.558. The van der Waals surface area contributed by atoms with E-state index in [0.29, 0.717) is 24.6 Å². The lowest BCUT2D eigenvalue weighted by Gasteiger charge is -2.32. The molecule has 0 unspecified atom stereocenters. The van der Waals surface area contributed by atoms with Crippen molar-refractivity contribution in [1.29, 1.82) is 0 Å². The van der Waals surface area contributed by atoms with E-state index >= 15 is 0 Å². The number of aromatic nitrogens is 3. The first-order chi connectivity index (χ1) is 15.9. The molecule has 33 heavy (non-hydrogen) atoms. The van der Waals surface area contributed by atoms with Gasteiger partial charge in [-0.1, -0.05) is 12.8 Å². The number of hydrogen-bond acceptors (Lipinski definition) is 4. The van der Waals surface area contributed by atoms with Crippen molar-refractivity contribution in [3.8, 4) is 5.75 Å². The number of nitrogens with one attached hydrogen (secondary N) is 1. The summed E-state index contributed by atoms with van der Waals surface area (Å²) in [6.45, 7) is 1.15. The first-order valence-corrected chi connectivity index (χ1v) is 11.4. The summed E-state index contributed by atoms with van der Waals surface area (Å²) in [5.41, 5.74) is 3.28. The van der Waals surface area contributed by atoms with E-state index in [1.807, 2.05) is 12.3 Å². The number of fused-ring (bicyclic) bond motifs is 1. The highest BCUT2D eigenvalue weighted by molar-refractivity contribution is 5.94. The molecule has 0 radical (unpaired) electrons. The largest absolute Gasteiger partial charge is 0.573 e. The summed E-state index contributed by atoms with van der Waals surface area (Å²) in [5, 5.41) is 0. The Morgan fingerprint density at radius 1 is 1.00 bits per heavy atom. The lowest BCUT2D eigenvalue weighted by atomic mass is 9.89. The van der Waals surface area contributed by atoms with Crippen LogP contribution in [0.1, 0.15) is 72.1 Å². The number of carbonyl (C=O) groups is 1. The highest BCUT2D eigenvalue weighted by Crippen LogP contribution is 2.36. The third-order valence-electron chi connectivity index (χ3n) is 6.73. The van der Waals surface area contributed by atoms with E-state index in [1.54, 1.807) is 4.90 Å². The number of benzene rings is 1. The summed E-state index contributed by atoms with van der Waals surface area (Å²) in [6, 6.07) is 7.11. The predicted molar refractivity (Wildman–Crippen MR) is 116 cm³/mol. The number of amides is 1. The summed E-state index contributed by atoms with van der Waals surface area (Å²) >= 11 is 0. The average molecular weight is 458 g/mol. The standard InChI is InChI=1S/C24H25F3N4O2/c25-24(26,27)33-18-7-5-17(6-8-18)23(32)31-13-10-15(11-14-31)19-9-12-28-22-20(19)29-21(30-22)16-3-1-2-4-16/h5-9,12,15-16H,1-4,10-11,13-14H2,(H,28,29,30). The number of pyridine rings is 1. The topological polar surface area (TPSA) is 71.1 Å². The van der Waals surface area contributed by atoms with Gasteiger partial charge in [-0.15, -0.1) is 13.2 Å². The lowest BCUT2D eigenvalue weighted by molar-refractivity contribution is -0.274. The van der Waals surface area contributed by atoms with Gasteiger partial charge in [0.2, 0.25) is 0 Å². The molecule has 0 spiro atoms. The van der Waals surface area contributed by atoms with Crippen molar-refractivity contribution in [2.24, 2.45) is 0 Å². The van der Waals surface area contributed by atoms with Crippen molar-refractivity contribution < 1.29 is 22.7 Å². The van der Waals surface area contributed by atoms with E-state index in [4.69, 9.17) is 4.98 Å². The molecule has 5 rings (SSSR count). The second-order valence-electron chi connectivity index (χ2n) is 8.84. The molecule has 174 valence electrons. The minimum absolute atomic E-state index is 0.185. The Morgan fingerprint density at radius 2 is 1.70 bits per heavy atom. The maximum absolute atomic E-state index is 12.8. The molecule has 9 heteroatoms.